The van der Waals surface area contributed by atoms with Gasteiger partial charge in [0.1, 0.15) is 24.4 Å². The van der Waals surface area contributed by atoms with Crippen molar-refractivity contribution in [2.45, 2.75) is 20.4 Å². The molecule has 2 aromatic rings. The molecule has 1 aromatic carbocycles. The Morgan fingerprint density at radius 3 is 2.74 bits per heavy atom. The first-order valence-corrected chi connectivity index (χ1v) is 7.43. The van der Waals surface area contributed by atoms with Crippen molar-refractivity contribution in [3.05, 3.63) is 30.4 Å². The van der Waals surface area contributed by atoms with E-state index < -0.39 is 0 Å². The minimum Gasteiger partial charge on any atom is -0.494 e. The fraction of sp³-hybridized carbons (Fsp3) is 0.400. The van der Waals surface area contributed by atoms with Gasteiger partial charge in [-0.15, -0.1) is 0 Å². The zero-order valence-corrected chi connectivity index (χ0v) is 13.6. The third-order valence-corrected chi connectivity index (χ3v) is 2.86. The Hall–Kier alpha value is -2.77. The van der Waals surface area contributed by atoms with Crippen LogP contribution in [0.1, 0.15) is 19.7 Å². The van der Waals surface area contributed by atoms with Crippen molar-refractivity contribution in [1.82, 2.24) is 14.8 Å². The maximum Gasteiger partial charge on any atom is 0.193 e. The van der Waals surface area contributed by atoms with E-state index in [4.69, 9.17) is 15.2 Å². The molecule has 0 aliphatic rings. The van der Waals surface area contributed by atoms with Crippen molar-refractivity contribution in [3.8, 4) is 11.5 Å². The standard InChI is InChI=1S/C15H22N6O2/c1-4-22-11-6-7-13(23-5-2)12(8-11)19-15(16)17-9-14-18-10-21(3)20-14/h6-8,10H,4-5,9H2,1-3H3,(H3,16,17,19). The highest BCUT2D eigenvalue weighted by Crippen LogP contribution is 2.29. The topological polar surface area (TPSA) is 99.6 Å². The summed E-state index contributed by atoms with van der Waals surface area (Å²) in [6.07, 6.45) is 1.62. The van der Waals surface area contributed by atoms with Crippen LogP contribution in [0.3, 0.4) is 0 Å². The van der Waals surface area contributed by atoms with Crippen molar-refractivity contribution >= 4 is 11.6 Å². The molecule has 0 fully saturated rings. The van der Waals surface area contributed by atoms with Crippen molar-refractivity contribution in [2.75, 3.05) is 18.5 Å². The number of benzene rings is 1. The number of guanidine groups is 1. The average Bonchev–Trinajstić information content (AvgIpc) is 2.94. The number of aromatic nitrogens is 3. The Labute approximate surface area is 135 Å². The Morgan fingerprint density at radius 2 is 2.09 bits per heavy atom. The lowest BCUT2D eigenvalue weighted by molar-refractivity contribution is 0.332. The molecule has 0 unspecified atom stereocenters. The van der Waals surface area contributed by atoms with Crippen LogP contribution in [0.2, 0.25) is 0 Å². The van der Waals surface area contributed by atoms with E-state index >= 15 is 0 Å². The van der Waals surface area contributed by atoms with Gasteiger partial charge in [0.15, 0.2) is 11.8 Å². The minimum absolute atomic E-state index is 0.257. The van der Waals surface area contributed by atoms with E-state index in [0.717, 1.165) is 5.75 Å². The molecule has 8 nitrogen and oxygen atoms in total. The van der Waals surface area contributed by atoms with Crippen LogP contribution in [0, 0.1) is 0 Å². The molecule has 8 heteroatoms. The monoisotopic (exact) mass is 318 g/mol. The molecular formula is C15H22N6O2. The molecule has 3 N–H and O–H groups in total. The van der Waals surface area contributed by atoms with Crippen molar-refractivity contribution in [2.24, 2.45) is 17.8 Å². The maximum atomic E-state index is 5.93. The van der Waals surface area contributed by atoms with Gasteiger partial charge in [0, 0.05) is 13.1 Å². The molecule has 23 heavy (non-hydrogen) atoms. The lowest BCUT2D eigenvalue weighted by atomic mass is 10.2. The first-order valence-electron chi connectivity index (χ1n) is 7.43. The van der Waals surface area contributed by atoms with Gasteiger partial charge in [-0.1, -0.05) is 0 Å². The van der Waals surface area contributed by atoms with Gasteiger partial charge in [-0.3, -0.25) is 4.68 Å². The van der Waals surface area contributed by atoms with E-state index in [-0.39, 0.29) is 5.96 Å². The van der Waals surface area contributed by atoms with E-state index in [1.54, 1.807) is 18.1 Å². The van der Waals surface area contributed by atoms with Crippen LogP contribution in [0.25, 0.3) is 0 Å². The van der Waals surface area contributed by atoms with Crippen molar-refractivity contribution < 1.29 is 9.47 Å². The highest BCUT2D eigenvalue weighted by Gasteiger charge is 2.07. The van der Waals surface area contributed by atoms with E-state index in [0.29, 0.717) is 37.0 Å². The van der Waals surface area contributed by atoms with Gasteiger partial charge >= 0.3 is 0 Å². The summed E-state index contributed by atoms with van der Waals surface area (Å²) in [6.45, 7) is 5.29. The molecule has 1 aromatic heterocycles. The van der Waals surface area contributed by atoms with Crippen LogP contribution >= 0.6 is 0 Å². The molecule has 1 heterocycles. The summed E-state index contributed by atoms with van der Waals surface area (Å²) in [5.74, 6) is 2.28. The highest BCUT2D eigenvalue weighted by molar-refractivity contribution is 5.93. The summed E-state index contributed by atoms with van der Waals surface area (Å²) in [4.78, 5) is 8.33. The van der Waals surface area contributed by atoms with E-state index in [9.17, 15) is 0 Å². The number of aliphatic imine (C=N–C) groups is 1. The fourth-order valence-electron chi connectivity index (χ4n) is 1.93. The van der Waals surface area contributed by atoms with Crippen molar-refractivity contribution in [1.29, 1.82) is 0 Å². The molecule has 0 saturated heterocycles. The zero-order chi connectivity index (χ0) is 16.7. The van der Waals surface area contributed by atoms with E-state index in [1.165, 1.54) is 0 Å². The summed E-state index contributed by atoms with van der Waals surface area (Å²) in [7, 11) is 1.80. The summed E-state index contributed by atoms with van der Waals surface area (Å²) in [5.41, 5.74) is 6.63. The van der Waals surface area contributed by atoms with Gasteiger partial charge < -0.3 is 20.5 Å². The Bertz CT molecular complexity index is 668. The van der Waals surface area contributed by atoms with Crippen LogP contribution in [-0.4, -0.2) is 33.9 Å². The number of ether oxygens (including phenoxy) is 2. The lowest BCUT2D eigenvalue weighted by Gasteiger charge is -2.13. The third kappa shape index (κ3) is 4.87. The molecule has 0 amide bonds. The Morgan fingerprint density at radius 1 is 1.30 bits per heavy atom. The SMILES string of the molecule is CCOc1ccc(OCC)c(NC(N)=NCc2ncn(C)n2)c1. The Balaban J connectivity index is 2.10. The van der Waals surface area contributed by atoms with Crippen LogP contribution in [-0.2, 0) is 13.6 Å². The number of hydrogen-bond donors (Lipinski definition) is 2. The third-order valence-electron chi connectivity index (χ3n) is 2.86. The fourth-order valence-corrected chi connectivity index (χ4v) is 1.93. The van der Waals surface area contributed by atoms with Gasteiger partial charge in [-0.2, -0.15) is 5.10 Å². The van der Waals surface area contributed by atoms with Crippen LogP contribution < -0.4 is 20.5 Å². The highest BCUT2D eigenvalue weighted by atomic mass is 16.5. The molecule has 0 atom stereocenters. The van der Waals surface area contributed by atoms with Crippen LogP contribution in [0.5, 0.6) is 11.5 Å². The summed E-state index contributed by atoms with van der Waals surface area (Å²) >= 11 is 0. The number of hydrogen-bond acceptors (Lipinski definition) is 5. The molecule has 2 rings (SSSR count). The molecule has 0 bridgehead atoms. The van der Waals surface area contributed by atoms with Gasteiger partial charge in [-0.25, -0.2) is 9.98 Å². The molecule has 0 saturated carbocycles. The number of nitrogens with zero attached hydrogens (tertiary/aromatic N) is 4. The van der Waals surface area contributed by atoms with Crippen molar-refractivity contribution in [3.63, 3.8) is 0 Å². The molecular weight excluding hydrogens is 296 g/mol. The summed E-state index contributed by atoms with van der Waals surface area (Å²) < 4.78 is 12.7. The van der Waals surface area contributed by atoms with Gasteiger partial charge in [0.2, 0.25) is 0 Å². The molecule has 0 spiro atoms. The smallest absolute Gasteiger partial charge is 0.193 e. The zero-order valence-electron chi connectivity index (χ0n) is 13.6. The average molecular weight is 318 g/mol. The normalized spacial score (nSPS) is 11.3. The first kappa shape index (κ1) is 16.6. The number of nitrogens with two attached hydrogens (primary N) is 1. The van der Waals surface area contributed by atoms with Crippen LogP contribution in [0.4, 0.5) is 5.69 Å². The first-order chi connectivity index (χ1) is 11.1. The van der Waals surface area contributed by atoms with E-state index in [2.05, 4.69) is 20.4 Å². The number of rotatable bonds is 7. The Kier molecular flexibility index (Phi) is 5.79. The summed E-state index contributed by atoms with van der Waals surface area (Å²) in [6, 6.07) is 5.52. The number of nitrogens with one attached hydrogen (secondary N) is 1. The summed E-state index contributed by atoms with van der Waals surface area (Å²) in [5, 5.41) is 7.18. The molecule has 0 aliphatic carbocycles. The molecule has 124 valence electrons. The van der Waals surface area contributed by atoms with Gasteiger partial charge in [-0.05, 0) is 26.0 Å². The minimum atomic E-state index is 0.257. The predicted octanol–water partition coefficient (Wildman–Crippen LogP) is 1.54. The number of aryl methyl sites for hydroxylation is 1. The molecule has 0 radical (unpaired) electrons. The maximum absolute atomic E-state index is 5.93. The van der Waals surface area contributed by atoms with Gasteiger partial charge in [0.05, 0.1) is 18.9 Å². The second-order valence-corrected chi connectivity index (χ2v) is 4.68. The predicted molar refractivity (Wildman–Crippen MR) is 88.7 cm³/mol. The second-order valence-electron chi connectivity index (χ2n) is 4.68. The largest absolute Gasteiger partial charge is 0.494 e. The van der Waals surface area contributed by atoms with Gasteiger partial charge in [0.25, 0.3) is 0 Å². The van der Waals surface area contributed by atoms with E-state index in [1.807, 2.05) is 32.0 Å². The molecule has 0 aliphatic heterocycles. The van der Waals surface area contributed by atoms with Crippen LogP contribution in [0.15, 0.2) is 29.5 Å². The quantitative estimate of drug-likeness (QED) is 0.593. The lowest BCUT2D eigenvalue weighted by Crippen LogP contribution is -2.23. The number of anilines is 1. The second kappa shape index (κ2) is 8.02.